The fraction of sp³-hybridized carbons (Fsp3) is 0.316. The predicted octanol–water partition coefficient (Wildman–Crippen LogP) is 5.18. The first kappa shape index (κ1) is 18.3. The highest BCUT2D eigenvalue weighted by Crippen LogP contribution is 2.37. The molecule has 0 amide bonds. The minimum Gasteiger partial charge on any atom is -0.410 e. The normalized spacial score (nSPS) is 16.3. The second kappa shape index (κ2) is 7.52. The molecule has 1 aromatic carbocycles. The second-order valence-corrected chi connectivity index (χ2v) is 8.68. The fourth-order valence-corrected chi connectivity index (χ4v) is 4.87. The standard InChI is InChI=1S/C19H16F2N2O2S2/c1-10-2-5-16-11(6-10)7-17(27-16)18-22-23-19(25-18)26-9-15(24)13-8-12(20)3-4-14(13)21/h3-4,7-8,10H,2,5-6,9H2,1H3/t10-/m0/s1. The maximum Gasteiger partial charge on any atom is 0.277 e. The molecule has 140 valence electrons. The second-order valence-electron chi connectivity index (χ2n) is 6.62. The molecule has 0 fully saturated rings. The number of thioether (sulfide) groups is 1. The number of benzene rings is 1. The molecule has 0 spiro atoms. The van der Waals surface area contributed by atoms with Crippen molar-refractivity contribution in [3.8, 4) is 10.8 Å². The van der Waals surface area contributed by atoms with Crippen LogP contribution in [0, 0.1) is 17.6 Å². The number of nitrogens with zero attached hydrogens (tertiary/aromatic N) is 2. The number of halogens is 2. The molecule has 0 N–H and O–H groups in total. The number of Topliss-reactive ketones (excluding diaryl/α,β-unsaturated/α-hetero) is 1. The first-order valence-corrected chi connectivity index (χ1v) is 10.4. The molecule has 1 aliphatic rings. The minimum absolute atomic E-state index is 0.111. The maximum atomic E-state index is 13.7. The van der Waals surface area contributed by atoms with Gasteiger partial charge in [0.05, 0.1) is 16.2 Å². The van der Waals surface area contributed by atoms with E-state index in [1.165, 1.54) is 16.9 Å². The molecule has 2 heterocycles. The summed E-state index contributed by atoms with van der Waals surface area (Å²) in [6.45, 7) is 2.25. The smallest absolute Gasteiger partial charge is 0.277 e. The van der Waals surface area contributed by atoms with Gasteiger partial charge in [-0.2, -0.15) is 0 Å². The minimum atomic E-state index is -0.744. The fourth-order valence-electron chi connectivity index (χ4n) is 3.10. The largest absolute Gasteiger partial charge is 0.410 e. The van der Waals surface area contributed by atoms with Crippen LogP contribution in [0.25, 0.3) is 10.8 Å². The lowest BCUT2D eigenvalue weighted by Gasteiger charge is -2.16. The van der Waals surface area contributed by atoms with E-state index < -0.39 is 17.4 Å². The molecule has 3 aromatic rings. The zero-order chi connectivity index (χ0) is 19.0. The number of rotatable bonds is 5. The Kier molecular flexibility index (Phi) is 5.10. The molecule has 0 saturated heterocycles. The molecule has 27 heavy (non-hydrogen) atoms. The molecule has 2 aromatic heterocycles. The number of fused-ring (bicyclic) bond motifs is 1. The summed E-state index contributed by atoms with van der Waals surface area (Å²) in [7, 11) is 0. The molecule has 1 aliphatic carbocycles. The number of thiophene rings is 1. The highest BCUT2D eigenvalue weighted by atomic mass is 32.2. The molecule has 0 saturated carbocycles. The van der Waals surface area contributed by atoms with Gasteiger partial charge in [0.25, 0.3) is 11.1 Å². The summed E-state index contributed by atoms with van der Waals surface area (Å²) < 4.78 is 32.5. The van der Waals surface area contributed by atoms with Crippen molar-refractivity contribution < 1.29 is 18.0 Å². The maximum absolute atomic E-state index is 13.7. The Morgan fingerprint density at radius 2 is 2.19 bits per heavy atom. The molecule has 0 unspecified atom stereocenters. The van der Waals surface area contributed by atoms with E-state index in [1.54, 1.807) is 11.3 Å². The lowest BCUT2D eigenvalue weighted by atomic mass is 9.90. The van der Waals surface area contributed by atoms with Gasteiger partial charge < -0.3 is 4.42 Å². The van der Waals surface area contributed by atoms with E-state index in [0.717, 1.165) is 47.7 Å². The molecule has 0 aliphatic heterocycles. The van der Waals surface area contributed by atoms with Crippen molar-refractivity contribution in [3.05, 3.63) is 51.9 Å². The van der Waals surface area contributed by atoms with Gasteiger partial charge >= 0.3 is 0 Å². The van der Waals surface area contributed by atoms with Crippen LogP contribution in [0.1, 0.15) is 34.1 Å². The Labute approximate surface area is 163 Å². The van der Waals surface area contributed by atoms with Gasteiger partial charge in [-0.3, -0.25) is 4.79 Å². The molecule has 8 heteroatoms. The highest BCUT2D eigenvalue weighted by molar-refractivity contribution is 7.99. The Bertz CT molecular complexity index is 1000. The van der Waals surface area contributed by atoms with Crippen LogP contribution < -0.4 is 0 Å². The lowest BCUT2D eigenvalue weighted by molar-refractivity contribution is 0.101. The zero-order valence-corrected chi connectivity index (χ0v) is 16.1. The van der Waals surface area contributed by atoms with Crippen molar-refractivity contribution in [3.63, 3.8) is 0 Å². The first-order valence-electron chi connectivity index (χ1n) is 8.56. The van der Waals surface area contributed by atoms with E-state index in [9.17, 15) is 13.6 Å². The van der Waals surface area contributed by atoms with Crippen molar-refractivity contribution in [2.75, 3.05) is 5.75 Å². The third kappa shape index (κ3) is 3.96. The van der Waals surface area contributed by atoms with Crippen molar-refractivity contribution >= 4 is 28.9 Å². The summed E-state index contributed by atoms with van der Waals surface area (Å²) >= 11 is 2.68. The van der Waals surface area contributed by atoms with Crippen LogP contribution in [0.15, 0.2) is 33.9 Å². The van der Waals surface area contributed by atoms with Crippen LogP contribution in [0.2, 0.25) is 0 Å². The SMILES string of the molecule is C[C@H]1CCc2sc(-c3nnc(SCC(=O)c4cc(F)ccc4F)o3)cc2C1. The molecule has 4 nitrogen and oxygen atoms in total. The van der Waals surface area contributed by atoms with Crippen LogP contribution in [0.4, 0.5) is 8.78 Å². The number of aromatic nitrogens is 2. The molecule has 0 bridgehead atoms. The van der Waals surface area contributed by atoms with Crippen molar-refractivity contribution in [2.24, 2.45) is 5.92 Å². The van der Waals surface area contributed by atoms with E-state index in [4.69, 9.17) is 4.42 Å². The number of carbonyl (C=O) groups is 1. The van der Waals surface area contributed by atoms with Crippen LogP contribution in [0.3, 0.4) is 0 Å². The summed E-state index contributed by atoms with van der Waals surface area (Å²) in [4.78, 5) is 14.4. The zero-order valence-electron chi connectivity index (χ0n) is 14.5. The predicted molar refractivity (Wildman–Crippen MR) is 100 cm³/mol. The quantitative estimate of drug-likeness (QED) is 0.432. The van der Waals surface area contributed by atoms with Gasteiger partial charge in [-0.25, -0.2) is 8.78 Å². The van der Waals surface area contributed by atoms with Gasteiger partial charge in [-0.1, -0.05) is 18.7 Å². The van der Waals surface area contributed by atoms with Crippen LogP contribution in [-0.2, 0) is 12.8 Å². The molecule has 4 rings (SSSR count). The number of hydrogen-bond acceptors (Lipinski definition) is 6. The van der Waals surface area contributed by atoms with Crippen LogP contribution >= 0.6 is 23.1 Å². The third-order valence-corrected chi connectivity index (χ3v) is 6.55. The Balaban J connectivity index is 1.44. The topological polar surface area (TPSA) is 56.0 Å². The number of ketones is 1. The van der Waals surface area contributed by atoms with Crippen molar-refractivity contribution in [2.45, 2.75) is 31.4 Å². The molecular formula is C19H16F2N2O2S2. The Morgan fingerprint density at radius 3 is 3.04 bits per heavy atom. The van der Waals surface area contributed by atoms with Gasteiger partial charge in [-0.05, 0) is 55.0 Å². The monoisotopic (exact) mass is 406 g/mol. The van der Waals surface area contributed by atoms with Crippen LogP contribution in [0.5, 0.6) is 0 Å². The average Bonchev–Trinajstić information content (AvgIpc) is 3.27. The highest BCUT2D eigenvalue weighted by Gasteiger charge is 2.21. The van der Waals surface area contributed by atoms with E-state index in [1.807, 2.05) is 0 Å². The average molecular weight is 406 g/mol. The molecular weight excluding hydrogens is 390 g/mol. The number of carbonyl (C=O) groups excluding carboxylic acids is 1. The van der Waals surface area contributed by atoms with E-state index in [-0.39, 0.29) is 16.5 Å². The number of hydrogen-bond donors (Lipinski definition) is 0. The van der Waals surface area contributed by atoms with E-state index >= 15 is 0 Å². The Morgan fingerprint density at radius 1 is 1.33 bits per heavy atom. The lowest BCUT2D eigenvalue weighted by Crippen LogP contribution is -2.07. The van der Waals surface area contributed by atoms with Crippen LogP contribution in [-0.4, -0.2) is 21.7 Å². The summed E-state index contributed by atoms with van der Waals surface area (Å²) in [5, 5.41) is 8.24. The number of aryl methyl sites for hydroxylation is 1. The van der Waals surface area contributed by atoms with Gasteiger partial charge in [0, 0.05) is 4.88 Å². The first-order chi connectivity index (χ1) is 13.0. The molecule has 1 atom stereocenters. The van der Waals surface area contributed by atoms with Crippen molar-refractivity contribution in [1.82, 2.24) is 10.2 Å². The molecule has 0 radical (unpaired) electrons. The third-order valence-electron chi connectivity index (χ3n) is 4.50. The summed E-state index contributed by atoms with van der Waals surface area (Å²) in [5.74, 6) is -0.929. The van der Waals surface area contributed by atoms with Gasteiger partial charge in [-0.15, -0.1) is 21.5 Å². The van der Waals surface area contributed by atoms with Gasteiger partial charge in [0.1, 0.15) is 11.6 Å². The van der Waals surface area contributed by atoms with E-state index in [2.05, 4.69) is 23.2 Å². The van der Waals surface area contributed by atoms with E-state index in [0.29, 0.717) is 11.8 Å². The van der Waals surface area contributed by atoms with Gasteiger partial charge in [0.15, 0.2) is 5.78 Å². The summed E-state index contributed by atoms with van der Waals surface area (Å²) in [6.07, 6.45) is 3.33. The Hall–Kier alpha value is -2.06. The van der Waals surface area contributed by atoms with Crippen molar-refractivity contribution in [1.29, 1.82) is 0 Å². The summed E-state index contributed by atoms with van der Waals surface area (Å²) in [6, 6.07) is 4.92. The van der Waals surface area contributed by atoms with Gasteiger partial charge in [0.2, 0.25) is 0 Å². The summed E-state index contributed by atoms with van der Waals surface area (Å²) in [5.41, 5.74) is 1.07.